The van der Waals surface area contributed by atoms with Crippen molar-refractivity contribution in [1.29, 1.82) is 0 Å². The van der Waals surface area contributed by atoms with Gasteiger partial charge >= 0.3 is 0 Å². The van der Waals surface area contributed by atoms with E-state index in [1.807, 2.05) is 0 Å². The summed E-state index contributed by atoms with van der Waals surface area (Å²) in [5.74, 6) is 0.141. The minimum atomic E-state index is 0.0178. The molecule has 0 saturated carbocycles. The van der Waals surface area contributed by atoms with Gasteiger partial charge in [-0.15, -0.1) is 0 Å². The van der Waals surface area contributed by atoms with Crippen molar-refractivity contribution in [3.8, 4) is 5.75 Å². The summed E-state index contributed by atoms with van der Waals surface area (Å²) < 4.78 is 5.26. The highest BCUT2D eigenvalue weighted by atomic mass is 16.4. The van der Waals surface area contributed by atoms with E-state index in [2.05, 4.69) is 10.3 Å². The van der Waals surface area contributed by atoms with Gasteiger partial charge in [0.15, 0.2) is 5.58 Å². The van der Waals surface area contributed by atoms with E-state index in [1.54, 1.807) is 12.1 Å². The third-order valence-electron chi connectivity index (χ3n) is 1.76. The number of rotatable bonds is 3. The molecule has 0 radical (unpaired) electrons. The zero-order valence-corrected chi connectivity index (χ0v) is 7.40. The molecule has 0 fully saturated rings. The number of hydrogen-bond acceptors (Lipinski definition) is 5. The summed E-state index contributed by atoms with van der Waals surface area (Å²) in [4.78, 5) is 4.09. The van der Waals surface area contributed by atoms with Crippen LogP contribution in [0, 0.1) is 0 Å². The van der Waals surface area contributed by atoms with Gasteiger partial charge in [0.2, 0.25) is 0 Å². The summed E-state index contributed by atoms with van der Waals surface area (Å²) in [7, 11) is 0. The first-order valence-corrected chi connectivity index (χ1v) is 4.24. The number of benzene rings is 1. The molecule has 0 bridgehead atoms. The second-order valence-electron chi connectivity index (χ2n) is 2.82. The zero-order chi connectivity index (χ0) is 9.97. The number of fused-ring (bicyclic) bond motifs is 1. The minimum Gasteiger partial charge on any atom is -0.508 e. The highest BCUT2D eigenvalue weighted by Crippen LogP contribution is 2.22. The van der Waals surface area contributed by atoms with Crippen LogP contribution < -0.4 is 5.32 Å². The molecule has 0 unspecified atom stereocenters. The van der Waals surface area contributed by atoms with Crippen LogP contribution in [0.1, 0.15) is 0 Å². The highest BCUT2D eigenvalue weighted by molar-refractivity contribution is 5.75. The molecule has 5 heteroatoms. The fourth-order valence-electron chi connectivity index (χ4n) is 1.15. The molecule has 0 aliphatic heterocycles. The molecule has 14 heavy (non-hydrogen) atoms. The van der Waals surface area contributed by atoms with Crippen molar-refractivity contribution < 1.29 is 14.6 Å². The molecule has 1 heterocycles. The Hall–Kier alpha value is -1.75. The predicted molar refractivity (Wildman–Crippen MR) is 51.2 cm³/mol. The van der Waals surface area contributed by atoms with Crippen LogP contribution >= 0.6 is 0 Å². The maximum atomic E-state index is 9.17. The van der Waals surface area contributed by atoms with E-state index in [0.717, 1.165) is 0 Å². The van der Waals surface area contributed by atoms with Crippen molar-refractivity contribution in [1.82, 2.24) is 4.98 Å². The van der Waals surface area contributed by atoms with E-state index >= 15 is 0 Å². The Morgan fingerprint density at radius 3 is 3.07 bits per heavy atom. The molecule has 0 atom stereocenters. The highest BCUT2D eigenvalue weighted by Gasteiger charge is 2.04. The Balaban J connectivity index is 2.32. The maximum absolute atomic E-state index is 9.17. The largest absolute Gasteiger partial charge is 0.508 e. The number of anilines is 1. The number of phenols is 1. The van der Waals surface area contributed by atoms with Gasteiger partial charge in [-0.3, -0.25) is 0 Å². The van der Waals surface area contributed by atoms with Crippen LogP contribution in [0.15, 0.2) is 22.6 Å². The summed E-state index contributed by atoms with van der Waals surface area (Å²) in [5, 5.41) is 20.5. The van der Waals surface area contributed by atoms with Crippen LogP contribution in [0.5, 0.6) is 5.75 Å². The smallest absolute Gasteiger partial charge is 0.295 e. The normalized spacial score (nSPS) is 10.6. The van der Waals surface area contributed by atoms with Gasteiger partial charge in [0.25, 0.3) is 6.01 Å². The molecule has 3 N–H and O–H groups in total. The van der Waals surface area contributed by atoms with E-state index < -0.39 is 0 Å². The number of phenolic OH excluding ortho intramolecular Hbond substituents is 1. The van der Waals surface area contributed by atoms with Gasteiger partial charge < -0.3 is 19.9 Å². The number of aliphatic hydroxyl groups excluding tert-OH is 1. The van der Waals surface area contributed by atoms with Crippen molar-refractivity contribution in [2.75, 3.05) is 18.5 Å². The van der Waals surface area contributed by atoms with Crippen molar-refractivity contribution in [2.45, 2.75) is 0 Å². The van der Waals surface area contributed by atoms with E-state index in [4.69, 9.17) is 14.6 Å². The molecule has 0 aliphatic rings. The minimum absolute atomic E-state index is 0.0178. The monoisotopic (exact) mass is 194 g/mol. The zero-order valence-electron chi connectivity index (χ0n) is 7.40. The van der Waals surface area contributed by atoms with E-state index in [0.29, 0.717) is 23.7 Å². The van der Waals surface area contributed by atoms with Gasteiger partial charge in [0.1, 0.15) is 11.3 Å². The van der Waals surface area contributed by atoms with Crippen molar-refractivity contribution in [3.05, 3.63) is 18.2 Å². The van der Waals surface area contributed by atoms with Gasteiger partial charge in [-0.05, 0) is 12.1 Å². The van der Waals surface area contributed by atoms with E-state index in [-0.39, 0.29) is 12.4 Å². The van der Waals surface area contributed by atoms with E-state index in [9.17, 15) is 0 Å². The molecule has 1 aromatic carbocycles. The molecule has 0 amide bonds. The summed E-state index contributed by atoms with van der Waals surface area (Å²) in [6, 6.07) is 5.05. The fraction of sp³-hybridized carbons (Fsp3) is 0.222. The van der Waals surface area contributed by atoms with Crippen LogP contribution in [0.25, 0.3) is 11.1 Å². The Bertz CT molecular complexity index is 439. The number of aliphatic hydroxyl groups is 1. The quantitative estimate of drug-likeness (QED) is 0.677. The van der Waals surface area contributed by atoms with Crippen LogP contribution in [-0.4, -0.2) is 28.3 Å². The number of nitrogens with one attached hydrogen (secondary N) is 1. The van der Waals surface area contributed by atoms with Crippen LogP contribution in [0.2, 0.25) is 0 Å². The number of oxazole rings is 1. The second kappa shape index (κ2) is 3.55. The Kier molecular flexibility index (Phi) is 2.24. The van der Waals surface area contributed by atoms with E-state index in [1.165, 1.54) is 6.07 Å². The third kappa shape index (κ3) is 1.62. The van der Waals surface area contributed by atoms with Crippen molar-refractivity contribution in [2.24, 2.45) is 0 Å². The predicted octanol–water partition coefficient (Wildman–Crippen LogP) is 0.938. The molecule has 0 aliphatic carbocycles. The lowest BCUT2D eigenvalue weighted by molar-refractivity contribution is 0.310. The summed E-state index contributed by atoms with van der Waals surface area (Å²) in [6.07, 6.45) is 0. The first-order chi connectivity index (χ1) is 6.79. The molecule has 1 aromatic heterocycles. The number of aromatic hydroxyl groups is 1. The first kappa shape index (κ1) is 8.83. The molecule has 2 aromatic rings. The topological polar surface area (TPSA) is 78.5 Å². The molecule has 2 rings (SSSR count). The SMILES string of the molecule is OCCNc1nc2ccc(O)cc2o1. The fourth-order valence-corrected chi connectivity index (χ4v) is 1.15. The molecule has 0 saturated heterocycles. The van der Waals surface area contributed by atoms with Gasteiger partial charge in [0, 0.05) is 12.6 Å². The Morgan fingerprint density at radius 1 is 1.43 bits per heavy atom. The molecule has 5 nitrogen and oxygen atoms in total. The average molecular weight is 194 g/mol. The Morgan fingerprint density at radius 2 is 2.29 bits per heavy atom. The maximum Gasteiger partial charge on any atom is 0.295 e. The molecule has 74 valence electrons. The average Bonchev–Trinajstić information content (AvgIpc) is 2.56. The van der Waals surface area contributed by atoms with Gasteiger partial charge in [0.05, 0.1) is 6.61 Å². The number of hydrogen-bond donors (Lipinski definition) is 3. The van der Waals surface area contributed by atoms with Gasteiger partial charge in [-0.25, -0.2) is 0 Å². The number of nitrogens with zero attached hydrogens (tertiary/aromatic N) is 1. The second-order valence-corrected chi connectivity index (χ2v) is 2.82. The summed E-state index contributed by atoms with van der Waals surface area (Å²) in [5.41, 5.74) is 1.19. The summed E-state index contributed by atoms with van der Waals surface area (Å²) >= 11 is 0. The van der Waals surface area contributed by atoms with Gasteiger partial charge in [-0.1, -0.05) is 0 Å². The van der Waals surface area contributed by atoms with Crippen LogP contribution in [-0.2, 0) is 0 Å². The van der Waals surface area contributed by atoms with Crippen LogP contribution in [0.4, 0.5) is 6.01 Å². The standard InChI is InChI=1S/C9H10N2O3/c12-4-3-10-9-11-7-2-1-6(13)5-8(7)14-9/h1-2,5,12-13H,3-4H2,(H,10,11). The van der Waals surface area contributed by atoms with Crippen molar-refractivity contribution in [3.63, 3.8) is 0 Å². The Labute approximate surface area is 80.0 Å². The lowest BCUT2D eigenvalue weighted by atomic mass is 10.3. The summed E-state index contributed by atoms with van der Waals surface area (Å²) in [6.45, 7) is 0.406. The van der Waals surface area contributed by atoms with Crippen LogP contribution in [0.3, 0.4) is 0 Å². The molecular weight excluding hydrogens is 184 g/mol. The molecule has 0 spiro atoms. The number of aromatic nitrogens is 1. The third-order valence-corrected chi connectivity index (χ3v) is 1.76. The van der Waals surface area contributed by atoms with Gasteiger partial charge in [-0.2, -0.15) is 4.98 Å². The first-order valence-electron chi connectivity index (χ1n) is 4.24. The van der Waals surface area contributed by atoms with Crippen molar-refractivity contribution >= 4 is 17.1 Å². The molecular formula is C9H10N2O3. The lowest BCUT2D eigenvalue weighted by Gasteiger charge is -1.94. The lowest BCUT2D eigenvalue weighted by Crippen LogP contribution is -2.05.